The van der Waals surface area contributed by atoms with Gasteiger partial charge in [0, 0.05) is 19.1 Å². The lowest BCUT2D eigenvalue weighted by Gasteiger charge is -2.27. The molecular formula is C16H20F2N2O2. The molecule has 0 radical (unpaired) electrons. The Bertz CT molecular complexity index is 539. The second-order valence-corrected chi connectivity index (χ2v) is 5.95. The number of alkyl halides is 2. The van der Waals surface area contributed by atoms with Crippen LogP contribution in [0.1, 0.15) is 24.8 Å². The molecule has 0 spiro atoms. The summed E-state index contributed by atoms with van der Waals surface area (Å²) in [5, 5.41) is 2.88. The van der Waals surface area contributed by atoms with E-state index in [1.807, 2.05) is 4.90 Å². The number of rotatable bonds is 5. The molecule has 1 aromatic rings. The van der Waals surface area contributed by atoms with Crippen molar-refractivity contribution in [2.24, 2.45) is 5.92 Å². The quantitative estimate of drug-likeness (QED) is 0.908. The number of hydrogen-bond donors (Lipinski definition) is 1. The SMILES string of the molecule is O=C(NCCc1ccccc1OC(F)F)N1C[C@H]2CC[C@H]1C2. The number of para-hydroxylation sites is 1. The molecule has 120 valence electrons. The Labute approximate surface area is 128 Å². The minimum atomic E-state index is -2.84. The van der Waals surface area contributed by atoms with Gasteiger partial charge in [0.2, 0.25) is 0 Å². The predicted octanol–water partition coefficient (Wildman–Crippen LogP) is 3.02. The average molecular weight is 310 g/mol. The van der Waals surface area contributed by atoms with Crippen LogP contribution in [0.3, 0.4) is 0 Å². The number of carbonyl (C=O) groups excluding carboxylic acids is 1. The van der Waals surface area contributed by atoms with Crippen molar-refractivity contribution in [1.29, 1.82) is 0 Å². The van der Waals surface area contributed by atoms with Gasteiger partial charge < -0.3 is 15.0 Å². The fourth-order valence-corrected chi connectivity index (χ4v) is 3.50. The maximum atomic E-state index is 12.3. The zero-order valence-corrected chi connectivity index (χ0v) is 12.3. The number of urea groups is 1. The van der Waals surface area contributed by atoms with Gasteiger partial charge in [0.25, 0.3) is 0 Å². The largest absolute Gasteiger partial charge is 0.435 e. The number of carbonyl (C=O) groups is 1. The first-order valence-electron chi connectivity index (χ1n) is 7.70. The van der Waals surface area contributed by atoms with Gasteiger partial charge >= 0.3 is 12.6 Å². The highest BCUT2D eigenvalue weighted by molar-refractivity contribution is 5.75. The second kappa shape index (κ2) is 6.50. The van der Waals surface area contributed by atoms with E-state index in [4.69, 9.17) is 0 Å². The molecule has 1 N–H and O–H groups in total. The molecule has 1 saturated carbocycles. The van der Waals surface area contributed by atoms with Crippen LogP contribution < -0.4 is 10.1 Å². The molecule has 2 bridgehead atoms. The number of piperidine rings is 1. The number of fused-ring (bicyclic) bond motifs is 2. The number of nitrogens with one attached hydrogen (secondary N) is 1. The number of benzene rings is 1. The summed E-state index contributed by atoms with van der Waals surface area (Å²) in [6.07, 6.45) is 3.92. The van der Waals surface area contributed by atoms with Crippen LogP contribution in [0.2, 0.25) is 0 Å². The maximum absolute atomic E-state index is 12.3. The van der Waals surface area contributed by atoms with E-state index in [0.29, 0.717) is 30.5 Å². The predicted molar refractivity (Wildman–Crippen MR) is 78.0 cm³/mol. The molecule has 0 aromatic heterocycles. The lowest BCUT2D eigenvalue weighted by atomic mass is 10.1. The monoisotopic (exact) mass is 310 g/mol. The van der Waals surface area contributed by atoms with Crippen LogP contribution >= 0.6 is 0 Å². The molecule has 0 unspecified atom stereocenters. The van der Waals surface area contributed by atoms with Crippen LogP contribution in [0.15, 0.2) is 24.3 Å². The van der Waals surface area contributed by atoms with E-state index < -0.39 is 6.61 Å². The highest BCUT2D eigenvalue weighted by Crippen LogP contribution is 2.37. The third-order valence-electron chi connectivity index (χ3n) is 4.53. The number of nitrogens with zero attached hydrogens (tertiary/aromatic N) is 1. The van der Waals surface area contributed by atoms with Crippen molar-refractivity contribution < 1.29 is 18.3 Å². The summed E-state index contributed by atoms with van der Waals surface area (Å²) in [5.41, 5.74) is 0.672. The Hall–Kier alpha value is -1.85. The normalized spacial score (nSPS) is 23.1. The minimum absolute atomic E-state index is 0.0422. The van der Waals surface area contributed by atoms with Crippen LogP contribution in [0.25, 0.3) is 0 Å². The molecule has 1 saturated heterocycles. The molecule has 3 rings (SSSR count). The van der Waals surface area contributed by atoms with Crippen LogP contribution in [-0.2, 0) is 6.42 Å². The highest BCUT2D eigenvalue weighted by Gasteiger charge is 2.40. The van der Waals surface area contributed by atoms with Gasteiger partial charge in [-0.1, -0.05) is 18.2 Å². The number of likely N-dealkylation sites (tertiary alicyclic amines) is 1. The lowest BCUT2D eigenvalue weighted by Crippen LogP contribution is -2.44. The fourth-order valence-electron chi connectivity index (χ4n) is 3.50. The fraction of sp³-hybridized carbons (Fsp3) is 0.562. The molecule has 1 aromatic carbocycles. The summed E-state index contributed by atoms with van der Waals surface area (Å²) >= 11 is 0. The number of hydrogen-bond acceptors (Lipinski definition) is 2. The smallest absolute Gasteiger partial charge is 0.387 e. The van der Waals surface area contributed by atoms with E-state index in [-0.39, 0.29) is 11.8 Å². The number of ether oxygens (including phenoxy) is 1. The molecule has 2 fully saturated rings. The van der Waals surface area contributed by atoms with Gasteiger partial charge in [-0.05, 0) is 43.2 Å². The second-order valence-electron chi connectivity index (χ2n) is 5.95. The molecule has 22 heavy (non-hydrogen) atoms. The van der Waals surface area contributed by atoms with Crippen molar-refractivity contribution in [2.45, 2.75) is 38.3 Å². The Balaban J connectivity index is 1.50. The standard InChI is InChI=1S/C16H20F2N2O2/c17-15(18)22-14-4-2-1-3-12(14)7-8-19-16(21)20-10-11-5-6-13(20)9-11/h1-4,11,13,15H,5-10H2,(H,19,21)/t11-,13-/m0/s1. The molecule has 2 aliphatic rings. The third kappa shape index (κ3) is 3.31. The Kier molecular flexibility index (Phi) is 4.45. The van der Waals surface area contributed by atoms with Gasteiger partial charge in [-0.2, -0.15) is 8.78 Å². The maximum Gasteiger partial charge on any atom is 0.387 e. The number of amides is 2. The molecule has 4 nitrogen and oxygen atoms in total. The van der Waals surface area contributed by atoms with Crippen molar-refractivity contribution in [3.8, 4) is 5.75 Å². The average Bonchev–Trinajstić information content (AvgIpc) is 3.11. The van der Waals surface area contributed by atoms with Gasteiger partial charge in [-0.3, -0.25) is 0 Å². The first kappa shape index (κ1) is 15.1. The van der Waals surface area contributed by atoms with Crippen molar-refractivity contribution >= 4 is 6.03 Å². The van der Waals surface area contributed by atoms with E-state index in [2.05, 4.69) is 10.1 Å². The Morgan fingerprint density at radius 2 is 2.18 bits per heavy atom. The highest BCUT2D eigenvalue weighted by atomic mass is 19.3. The van der Waals surface area contributed by atoms with E-state index in [9.17, 15) is 13.6 Å². The Morgan fingerprint density at radius 3 is 2.86 bits per heavy atom. The van der Waals surface area contributed by atoms with Crippen LogP contribution in [0.4, 0.5) is 13.6 Å². The van der Waals surface area contributed by atoms with E-state index in [1.165, 1.54) is 12.5 Å². The van der Waals surface area contributed by atoms with Crippen molar-refractivity contribution in [3.63, 3.8) is 0 Å². The Morgan fingerprint density at radius 1 is 1.36 bits per heavy atom. The third-order valence-corrected chi connectivity index (χ3v) is 4.53. The van der Waals surface area contributed by atoms with Crippen molar-refractivity contribution in [3.05, 3.63) is 29.8 Å². The molecular weight excluding hydrogens is 290 g/mol. The summed E-state index contributed by atoms with van der Waals surface area (Å²) < 4.78 is 29.2. The van der Waals surface area contributed by atoms with Crippen molar-refractivity contribution in [1.82, 2.24) is 10.2 Å². The zero-order chi connectivity index (χ0) is 15.5. The van der Waals surface area contributed by atoms with Crippen LogP contribution in [-0.4, -0.2) is 36.7 Å². The summed E-state index contributed by atoms with van der Waals surface area (Å²) in [5.74, 6) is 0.836. The molecule has 1 aliphatic heterocycles. The van der Waals surface area contributed by atoms with Gasteiger partial charge in [-0.15, -0.1) is 0 Å². The topological polar surface area (TPSA) is 41.6 Å². The van der Waals surface area contributed by atoms with E-state index in [0.717, 1.165) is 19.4 Å². The van der Waals surface area contributed by atoms with Gasteiger partial charge in [0.05, 0.1) is 0 Å². The first-order valence-corrected chi connectivity index (χ1v) is 7.70. The van der Waals surface area contributed by atoms with Crippen LogP contribution in [0, 0.1) is 5.92 Å². The molecule has 2 amide bonds. The molecule has 1 aliphatic carbocycles. The zero-order valence-electron chi connectivity index (χ0n) is 12.3. The van der Waals surface area contributed by atoms with Crippen LogP contribution in [0.5, 0.6) is 5.75 Å². The van der Waals surface area contributed by atoms with Gasteiger partial charge in [0.15, 0.2) is 0 Å². The summed E-state index contributed by atoms with van der Waals surface area (Å²) in [7, 11) is 0. The van der Waals surface area contributed by atoms with E-state index >= 15 is 0 Å². The molecule has 1 heterocycles. The minimum Gasteiger partial charge on any atom is -0.435 e. The van der Waals surface area contributed by atoms with E-state index in [1.54, 1.807) is 18.2 Å². The molecule has 2 atom stereocenters. The first-order chi connectivity index (χ1) is 10.6. The lowest BCUT2D eigenvalue weighted by molar-refractivity contribution is -0.0504. The van der Waals surface area contributed by atoms with Crippen molar-refractivity contribution in [2.75, 3.05) is 13.1 Å². The summed E-state index contributed by atoms with van der Waals surface area (Å²) in [6.45, 7) is -1.58. The van der Waals surface area contributed by atoms with Gasteiger partial charge in [-0.25, -0.2) is 4.79 Å². The van der Waals surface area contributed by atoms with Gasteiger partial charge in [0.1, 0.15) is 5.75 Å². The molecule has 6 heteroatoms. The summed E-state index contributed by atoms with van der Waals surface area (Å²) in [4.78, 5) is 14.1. The summed E-state index contributed by atoms with van der Waals surface area (Å²) in [6, 6.07) is 7.03. The number of halogens is 2.